The van der Waals surface area contributed by atoms with Crippen LogP contribution in [0.2, 0.25) is 0 Å². The Kier molecular flexibility index (Phi) is 5.73. The fourth-order valence-electron chi connectivity index (χ4n) is 4.44. The molecule has 9 heteroatoms. The fourth-order valence-corrected chi connectivity index (χ4v) is 4.44. The van der Waals surface area contributed by atoms with Gasteiger partial charge in [0.05, 0.1) is 13.3 Å². The Hall–Kier alpha value is -3.81. The number of carbonyl (C=O) groups is 1. The molecule has 5 rings (SSSR count). The van der Waals surface area contributed by atoms with Gasteiger partial charge in [0.1, 0.15) is 18.1 Å². The van der Waals surface area contributed by atoms with Gasteiger partial charge in [-0.1, -0.05) is 29.4 Å². The van der Waals surface area contributed by atoms with E-state index < -0.39 is 6.17 Å². The average Bonchev–Trinajstić information content (AvgIpc) is 3.48. The van der Waals surface area contributed by atoms with Crippen molar-refractivity contribution in [2.24, 2.45) is 5.11 Å². The molecule has 0 spiro atoms. The standard InChI is InChI=1S/C24H24N6O3/c1-32-20-6-4-5-17(11-20)23(27-28-25)29-14-18-9-8-16(12-21(18)24(29)31)19-13-26-30(15-19)22-7-2-3-10-33-22/h4-6,8-9,11-13,15,22-23H,2-3,7,10,14H2,1H3. The molecule has 0 N–H and O–H groups in total. The summed E-state index contributed by atoms with van der Waals surface area (Å²) in [5, 5.41) is 8.41. The van der Waals surface area contributed by atoms with Gasteiger partial charge in [-0.25, -0.2) is 4.68 Å². The van der Waals surface area contributed by atoms with Gasteiger partial charge in [-0.15, -0.1) is 0 Å². The molecule has 3 heterocycles. The van der Waals surface area contributed by atoms with E-state index in [-0.39, 0.29) is 12.1 Å². The highest BCUT2D eigenvalue weighted by molar-refractivity contribution is 5.99. The SMILES string of the molecule is COc1cccc(C(N=[N+]=[N-])N2Cc3ccc(-c4cnn(C5CCCCO5)c4)cc3C2=O)c1. The molecular weight excluding hydrogens is 420 g/mol. The highest BCUT2D eigenvalue weighted by atomic mass is 16.5. The number of hydrogen-bond acceptors (Lipinski definition) is 5. The second-order valence-corrected chi connectivity index (χ2v) is 8.19. The van der Waals surface area contributed by atoms with Crippen molar-refractivity contribution in [1.82, 2.24) is 14.7 Å². The monoisotopic (exact) mass is 444 g/mol. The third-order valence-corrected chi connectivity index (χ3v) is 6.18. The average molecular weight is 444 g/mol. The van der Waals surface area contributed by atoms with Crippen molar-refractivity contribution in [2.75, 3.05) is 13.7 Å². The van der Waals surface area contributed by atoms with E-state index in [1.54, 1.807) is 24.3 Å². The van der Waals surface area contributed by atoms with Crippen molar-refractivity contribution in [3.05, 3.63) is 82.0 Å². The molecule has 2 aromatic carbocycles. The third-order valence-electron chi connectivity index (χ3n) is 6.18. The van der Waals surface area contributed by atoms with Crippen LogP contribution in [0, 0.1) is 0 Å². The van der Waals surface area contributed by atoms with Crippen LogP contribution in [0.3, 0.4) is 0 Å². The molecule has 1 fully saturated rings. The molecule has 1 aromatic heterocycles. The maximum atomic E-state index is 13.3. The maximum Gasteiger partial charge on any atom is 0.255 e. The summed E-state index contributed by atoms with van der Waals surface area (Å²) < 4.78 is 13.0. The topological polar surface area (TPSA) is 105 Å². The van der Waals surface area contributed by atoms with Gasteiger partial charge in [-0.3, -0.25) is 4.79 Å². The molecular formula is C24H24N6O3. The van der Waals surface area contributed by atoms with E-state index in [9.17, 15) is 4.79 Å². The molecule has 9 nitrogen and oxygen atoms in total. The Morgan fingerprint density at radius 3 is 2.94 bits per heavy atom. The lowest BCUT2D eigenvalue weighted by Crippen LogP contribution is -2.27. The van der Waals surface area contributed by atoms with Crippen LogP contribution in [0.5, 0.6) is 5.75 Å². The number of amides is 1. The summed E-state index contributed by atoms with van der Waals surface area (Å²) >= 11 is 0. The second-order valence-electron chi connectivity index (χ2n) is 8.19. The summed E-state index contributed by atoms with van der Waals surface area (Å²) in [6.07, 6.45) is 6.13. The predicted octanol–water partition coefficient (Wildman–Crippen LogP) is 5.22. The summed E-state index contributed by atoms with van der Waals surface area (Å²) in [6, 6.07) is 13.1. The van der Waals surface area contributed by atoms with Crippen molar-refractivity contribution in [2.45, 2.75) is 38.2 Å². The minimum absolute atomic E-state index is 0.0356. The van der Waals surface area contributed by atoms with Crippen LogP contribution < -0.4 is 4.74 Å². The van der Waals surface area contributed by atoms with E-state index in [2.05, 4.69) is 15.1 Å². The number of ether oxygens (including phenoxy) is 2. The van der Waals surface area contributed by atoms with Gasteiger partial charge < -0.3 is 14.4 Å². The number of carbonyl (C=O) groups excluding carboxylic acids is 1. The summed E-state index contributed by atoms with van der Waals surface area (Å²) in [5.74, 6) is 0.464. The van der Waals surface area contributed by atoms with Gasteiger partial charge in [-0.05, 0) is 59.7 Å². The van der Waals surface area contributed by atoms with E-state index in [4.69, 9.17) is 15.0 Å². The predicted molar refractivity (Wildman–Crippen MR) is 121 cm³/mol. The number of nitrogens with zero attached hydrogens (tertiary/aromatic N) is 6. The molecule has 1 saturated heterocycles. The lowest BCUT2D eigenvalue weighted by molar-refractivity contribution is -0.0394. The molecule has 2 aliphatic heterocycles. The molecule has 2 unspecified atom stereocenters. The minimum atomic E-state index is -0.764. The number of methoxy groups -OCH3 is 1. The van der Waals surface area contributed by atoms with E-state index in [0.29, 0.717) is 23.4 Å². The summed E-state index contributed by atoms with van der Waals surface area (Å²) in [5.41, 5.74) is 13.2. The first-order valence-corrected chi connectivity index (χ1v) is 11.0. The number of benzene rings is 2. The fraction of sp³-hybridized carbons (Fsp3) is 0.333. The van der Waals surface area contributed by atoms with Crippen molar-refractivity contribution >= 4 is 5.91 Å². The van der Waals surface area contributed by atoms with E-state index in [0.717, 1.165) is 42.6 Å². The Morgan fingerprint density at radius 2 is 2.15 bits per heavy atom. The number of azide groups is 1. The van der Waals surface area contributed by atoms with Crippen molar-refractivity contribution in [3.8, 4) is 16.9 Å². The molecule has 2 atom stereocenters. The van der Waals surface area contributed by atoms with Crippen LogP contribution in [-0.2, 0) is 11.3 Å². The number of fused-ring (bicyclic) bond motifs is 1. The highest BCUT2D eigenvalue weighted by Crippen LogP contribution is 2.35. The van der Waals surface area contributed by atoms with Gasteiger partial charge in [0.2, 0.25) is 0 Å². The first-order chi connectivity index (χ1) is 16.2. The highest BCUT2D eigenvalue weighted by Gasteiger charge is 2.33. The lowest BCUT2D eigenvalue weighted by atomic mass is 10.0. The number of rotatable bonds is 6. The molecule has 3 aromatic rings. The van der Waals surface area contributed by atoms with Gasteiger partial charge in [0.15, 0.2) is 0 Å². The first-order valence-electron chi connectivity index (χ1n) is 11.0. The van der Waals surface area contributed by atoms with Crippen LogP contribution in [-0.4, -0.2) is 34.3 Å². The zero-order valence-electron chi connectivity index (χ0n) is 18.3. The Morgan fingerprint density at radius 1 is 1.24 bits per heavy atom. The molecule has 0 bridgehead atoms. The van der Waals surface area contributed by atoms with Crippen molar-refractivity contribution < 1.29 is 14.3 Å². The minimum Gasteiger partial charge on any atom is -0.497 e. The zero-order chi connectivity index (χ0) is 22.8. The molecule has 1 amide bonds. The Labute approximate surface area is 191 Å². The Balaban J connectivity index is 1.42. The van der Waals surface area contributed by atoms with E-state index in [1.165, 1.54) is 0 Å². The molecule has 0 radical (unpaired) electrons. The van der Waals surface area contributed by atoms with E-state index in [1.807, 2.05) is 47.3 Å². The molecule has 0 aliphatic carbocycles. The lowest BCUT2D eigenvalue weighted by Gasteiger charge is -2.24. The van der Waals surface area contributed by atoms with Crippen LogP contribution in [0.25, 0.3) is 21.6 Å². The van der Waals surface area contributed by atoms with Crippen LogP contribution in [0.15, 0.2) is 60.0 Å². The quantitative estimate of drug-likeness (QED) is 0.295. The van der Waals surface area contributed by atoms with Crippen molar-refractivity contribution in [3.63, 3.8) is 0 Å². The Bertz CT molecular complexity index is 1230. The number of hydrogen-bond donors (Lipinski definition) is 0. The summed E-state index contributed by atoms with van der Waals surface area (Å²) in [6.45, 7) is 1.12. The summed E-state index contributed by atoms with van der Waals surface area (Å²) in [7, 11) is 1.57. The molecule has 0 saturated carbocycles. The number of aromatic nitrogens is 2. The van der Waals surface area contributed by atoms with Gasteiger partial charge in [0.25, 0.3) is 5.91 Å². The smallest absolute Gasteiger partial charge is 0.255 e. The van der Waals surface area contributed by atoms with Crippen molar-refractivity contribution in [1.29, 1.82) is 0 Å². The normalized spacial score (nSPS) is 18.5. The third kappa shape index (κ3) is 4.04. The van der Waals surface area contributed by atoms with E-state index >= 15 is 0 Å². The van der Waals surface area contributed by atoms with Crippen LogP contribution >= 0.6 is 0 Å². The van der Waals surface area contributed by atoms with Crippen LogP contribution in [0.4, 0.5) is 0 Å². The summed E-state index contributed by atoms with van der Waals surface area (Å²) in [4.78, 5) is 17.9. The van der Waals surface area contributed by atoms with Gasteiger partial charge >= 0.3 is 0 Å². The second kappa shape index (κ2) is 8.97. The molecule has 33 heavy (non-hydrogen) atoms. The molecule has 168 valence electrons. The van der Waals surface area contributed by atoms with Gasteiger partial charge in [0, 0.05) is 35.4 Å². The first kappa shape index (κ1) is 21.1. The van der Waals surface area contributed by atoms with Gasteiger partial charge in [-0.2, -0.15) is 5.10 Å². The van der Waals surface area contributed by atoms with Crippen LogP contribution in [0.1, 0.15) is 53.1 Å². The zero-order valence-corrected chi connectivity index (χ0v) is 18.3. The largest absolute Gasteiger partial charge is 0.497 e. The molecule has 2 aliphatic rings. The maximum absolute atomic E-state index is 13.3.